The average Bonchev–Trinajstić information content (AvgIpc) is 2.28. The van der Waals surface area contributed by atoms with E-state index in [0.29, 0.717) is 17.3 Å². The first kappa shape index (κ1) is 16.2. The Labute approximate surface area is 119 Å². The van der Waals surface area contributed by atoms with Crippen molar-refractivity contribution in [2.45, 2.75) is 66.3 Å². The Balaban J connectivity index is 2.55. The molecule has 0 aliphatic carbocycles. The molecule has 2 atom stereocenters. The topological polar surface area (TPSA) is 26.0 Å². The summed E-state index contributed by atoms with van der Waals surface area (Å²) in [6.45, 7) is 13.6. The molecule has 1 aromatic rings. The van der Waals surface area contributed by atoms with Crippen LogP contribution in [0.3, 0.4) is 0 Å². The summed E-state index contributed by atoms with van der Waals surface area (Å²) in [6, 6.07) is 9.20. The molecule has 0 amide bonds. The van der Waals surface area contributed by atoms with Gasteiger partial charge in [-0.05, 0) is 41.2 Å². The van der Waals surface area contributed by atoms with Crippen molar-refractivity contribution >= 4 is 0 Å². The van der Waals surface area contributed by atoms with E-state index in [9.17, 15) is 0 Å². The Morgan fingerprint density at radius 3 is 1.95 bits per heavy atom. The lowest BCUT2D eigenvalue weighted by Crippen LogP contribution is -2.30. The standard InChI is InChI=1S/C18H31N/c1-13(2)16-9-7-15(8-10-16)12-17(19)11-14(3)18(4,5)6/h7-10,13-14,17H,11-12,19H2,1-6H3. The summed E-state index contributed by atoms with van der Waals surface area (Å²) in [5.41, 5.74) is 9.41. The largest absolute Gasteiger partial charge is 0.327 e. The van der Waals surface area contributed by atoms with Gasteiger partial charge >= 0.3 is 0 Å². The first-order valence-electron chi connectivity index (χ1n) is 7.54. The Morgan fingerprint density at radius 1 is 1.00 bits per heavy atom. The predicted octanol–water partition coefficient (Wildman–Crippen LogP) is 4.75. The molecule has 0 saturated heterocycles. The molecule has 0 aliphatic heterocycles. The summed E-state index contributed by atoms with van der Waals surface area (Å²) in [4.78, 5) is 0. The molecule has 0 radical (unpaired) electrons. The van der Waals surface area contributed by atoms with E-state index in [1.165, 1.54) is 11.1 Å². The lowest BCUT2D eigenvalue weighted by Gasteiger charge is -2.29. The first-order valence-corrected chi connectivity index (χ1v) is 7.54. The van der Waals surface area contributed by atoms with Gasteiger partial charge in [0, 0.05) is 6.04 Å². The minimum Gasteiger partial charge on any atom is -0.327 e. The van der Waals surface area contributed by atoms with E-state index in [2.05, 4.69) is 65.8 Å². The molecule has 2 unspecified atom stereocenters. The van der Waals surface area contributed by atoms with E-state index in [0.717, 1.165) is 12.8 Å². The summed E-state index contributed by atoms with van der Waals surface area (Å²) >= 11 is 0. The van der Waals surface area contributed by atoms with Crippen molar-refractivity contribution in [3.8, 4) is 0 Å². The molecule has 108 valence electrons. The Hall–Kier alpha value is -0.820. The van der Waals surface area contributed by atoms with Gasteiger partial charge in [-0.1, -0.05) is 65.8 Å². The number of benzene rings is 1. The van der Waals surface area contributed by atoms with Gasteiger partial charge in [-0.2, -0.15) is 0 Å². The van der Waals surface area contributed by atoms with Gasteiger partial charge in [0.25, 0.3) is 0 Å². The molecule has 19 heavy (non-hydrogen) atoms. The molecule has 0 fully saturated rings. The average molecular weight is 261 g/mol. The third-order valence-electron chi connectivity index (χ3n) is 4.28. The van der Waals surface area contributed by atoms with E-state index >= 15 is 0 Å². The van der Waals surface area contributed by atoms with Gasteiger partial charge in [0.2, 0.25) is 0 Å². The summed E-state index contributed by atoms with van der Waals surface area (Å²) in [6.07, 6.45) is 2.08. The number of hydrogen-bond acceptors (Lipinski definition) is 1. The van der Waals surface area contributed by atoms with Crippen molar-refractivity contribution in [3.63, 3.8) is 0 Å². The third kappa shape index (κ3) is 5.36. The van der Waals surface area contributed by atoms with Gasteiger partial charge in [0.1, 0.15) is 0 Å². The summed E-state index contributed by atoms with van der Waals surface area (Å²) < 4.78 is 0. The molecule has 0 saturated carbocycles. The quantitative estimate of drug-likeness (QED) is 0.813. The monoisotopic (exact) mass is 261 g/mol. The van der Waals surface area contributed by atoms with Crippen LogP contribution in [-0.2, 0) is 6.42 Å². The molecule has 1 rings (SSSR count). The van der Waals surface area contributed by atoms with Crippen LogP contribution in [0.25, 0.3) is 0 Å². The lowest BCUT2D eigenvalue weighted by molar-refractivity contribution is 0.233. The highest BCUT2D eigenvalue weighted by atomic mass is 14.6. The predicted molar refractivity (Wildman–Crippen MR) is 85.4 cm³/mol. The van der Waals surface area contributed by atoms with E-state index in [1.807, 2.05) is 0 Å². The highest BCUT2D eigenvalue weighted by molar-refractivity contribution is 5.25. The van der Waals surface area contributed by atoms with Crippen LogP contribution in [0.2, 0.25) is 0 Å². The molecule has 0 aliphatic rings. The molecular formula is C18H31N. The van der Waals surface area contributed by atoms with Crippen LogP contribution in [0.5, 0.6) is 0 Å². The molecule has 0 spiro atoms. The highest BCUT2D eigenvalue weighted by Gasteiger charge is 2.22. The zero-order valence-corrected chi connectivity index (χ0v) is 13.5. The maximum absolute atomic E-state index is 6.30. The van der Waals surface area contributed by atoms with Crippen molar-refractivity contribution < 1.29 is 0 Å². The van der Waals surface area contributed by atoms with E-state index in [-0.39, 0.29) is 6.04 Å². The van der Waals surface area contributed by atoms with E-state index in [4.69, 9.17) is 5.73 Å². The molecule has 0 bridgehead atoms. The second-order valence-electron chi connectivity index (χ2n) is 7.36. The van der Waals surface area contributed by atoms with Gasteiger partial charge in [0.05, 0.1) is 0 Å². The van der Waals surface area contributed by atoms with Crippen LogP contribution in [-0.4, -0.2) is 6.04 Å². The van der Waals surface area contributed by atoms with Crippen molar-refractivity contribution in [1.82, 2.24) is 0 Å². The fourth-order valence-corrected chi connectivity index (χ4v) is 2.23. The maximum Gasteiger partial charge on any atom is 0.00820 e. The van der Waals surface area contributed by atoms with Gasteiger partial charge in [-0.15, -0.1) is 0 Å². The van der Waals surface area contributed by atoms with E-state index < -0.39 is 0 Å². The van der Waals surface area contributed by atoms with Crippen molar-refractivity contribution in [2.24, 2.45) is 17.1 Å². The summed E-state index contributed by atoms with van der Waals surface area (Å²) in [5.74, 6) is 1.25. The van der Waals surface area contributed by atoms with E-state index in [1.54, 1.807) is 0 Å². The minimum atomic E-state index is 0.263. The van der Waals surface area contributed by atoms with Gasteiger partial charge in [0.15, 0.2) is 0 Å². The van der Waals surface area contributed by atoms with Crippen LogP contribution in [0.4, 0.5) is 0 Å². The lowest BCUT2D eigenvalue weighted by atomic mass is 9.78. The second-order valence-corrected chi connectivity index (χ2v) is 7.36. The van der Waals surface area contributed by atoms with Crippen molar-refractivity contribution in [2.75, 3.05) is 0 Å². The zero-order chi connectivity index (χ0) is 14.6. The van der Waals surface area contributed by atoms with Gasteiger partial charge < -0.3 is 5.73 Å². The summed E-state index contributed by atoms with van der Waals surface area (Å²) in [7, 11) is 0. The SMILES string of the molecule is CC(C)c1ccc(CC(N)CC(C)C(C)(C)C)cc1. The van der Waals surface area contributed by atoms with Crippen molar-refractivity contribution in [3.05, 3.63) is 35.4 Å². The molecule has 1 aromatic carbocycles. The Kier molecular flexibility index (Phi) is 5.61. The Morgan fingerprint density at radius 2 is 1.53 bits per heavy atom. The molecule has 0 aromatic heterocycles. The molecule has 0 heterocycles. The van der Waals surface area contributed by atoms with Gasteiger partial charge in [-0.3, -0.25) is 0 Å². The highest BCUT2D eigenvalue weighted by Crippen LogP contribution is 2.29. The number of rotatable bonds is 5. The van der Waals surface area contributed by atoms with Crippen LogP contribution in [0.15, 0.2) is 24.3 Å². The molecular weight excluding hydrogens is 230 g/mol. The fourth-order valence-electron chi connectivity index (χ4n) is 2.23. The molecule has 1 heteroatoms. The van der Waals surface area contributed by atoms with Crippen LogP contribution in [0.1, 0.15) is 65.0 Å². The summed E-state index contributed by atoms with van der Waals surface area (Å²) in [5, 5.41) is 0. The third-order valence-corrected chi connectivity index (χ3v) is 4.28. The smallest absolute Gasteiger partial charge is 0.00820 e. The van der Waals surface area contributed by atoms with Gasteiger partial charge in [-0.25, -0.2) is 0 Å². The normalized spacial score (nSPS) is 15.6. The first-order chi connectivity index (χ1) is 8.70. The van der Waals surface area contributed by atoms with Crippen LogP contribution >= 0.6 is 0 Å². The number of hydrogen-bond donors (Lipinski definition) is 1. The maximum atomic E-state index is 6.30. The van der Waals surface area contributed by atoms with Crippen LogP contribution < -0.4 is 5.73 Å². The fraction of sp³-hybridized carbons (Fsp3) is 0.667. The Bertz CT molecular complexity index is 370. The second kappa shape index (κ2) is 6.56. The van der Waals surface area contributed by atoms with Crippen LogP contribution in [0, 0.1) is 11.3 Å². The zero-order valence-electron chi connectivity index (χ0n) is 13.5. The molecule has 2 N–H and O–H groups in total. The molecule has 1 nitrogen and oxygen atoms in total. The van der Waals surface area contributed by atoms with Crippen molar-refractivity contribution in [1.29, 1.82) is 0 Å². The number of nitrogens with two attached hydrogens (primary N) is 1. The minimum absolute atomic E-state index is 0.263.